The molecule has 3 rings (SSSR count). The average Bonchev–Trinajstić information content (AvgIpc) is 3.44. The lowest BCUT2D eigenvalue weighted by molar-refractivity contribution is 0.0740. The maximum Gasteiger partial charge on any atom is 0.254 e. The molecule has 0 radical (unpaired) electrons. The van der Waals surface area contributed by atoms with Gasteiger partial charge in [-0.15, -0.1) is 11.3 Å². The van der Waals surface area contributed by atoms with E-state index in [1.807, 2.05) is 43.5 Å². The second-order valence-corrected chi connectivity index (χ2v) is 13.4. The number of nitrogens with zero attached hydrogens (tertiary/aromatic N) is 3. The van der Waals surface area contributed by atoms with Crippen molar-refractivity contribution in [2.45, 2.75) is 26.3 Å². The van der Waals surface area contributed by atoms with Crippen molar-refractivity contribution in [2.75, 3.05) is 52.1 Å². The fourth-order valence-electron chi connectivity index (χ4n) is 4.15. The third-order valence-electron chi connectivity index (χ3n) is 6.58. The highest BCUT2D eigenvalue weighted by Gasteiger charge is 2.25. The number of benzene rings is 2. The molecule has 1 heterocycles. The molecule has 41 heavy (non-hydrogen) atoms. The first-order valence-electron chi connectivity index (χ1n) is 13.1. The second kappa shape index (κ2) is 15.3. The lowest BCUT2D eigenvalue weighted by Gasteiger charge is -2.23. The van der Waals surface area contributed by atoms with Crippen LogP contribution in [0.5, 0.6) is 11.5 Å². The number of thioether (sulfide) groups is 1. The number of thiazole rings is 1. The number of carbonyl (C=O) groups is 2. The predicted molar refractivity (Wildman–Crippen MR) is 165 cm³/mol. The first kappa shape index (κ1) is 32.6. The van der Waals surface area contributed by atoms with E-state index >= 15 is 0 Å². The van der Waals surface area contributed by atoms with Crippen LogP contribution in [0, 0.1) is 6.92 Å². The number of hydrogen-bond acceptors (Lipinski definition) is 9. The van der Waals surface area contributed by atoms with Crippen molar-refractivity contribution in [3.8, 4) is 11.5 Å². The number of rotatable bonds is 16. The van der Waals surface area contributed by atoms with Gasteiger partial charge in [0.25, 0.3) is 5.91 Å². The van der Waals surface area contributed by atoms with Crippen LogP contribution in [0.3, 0.4) is 0 Å². The van der Waals surface area contributed by atoms with E-state index in [0.717, 1.165) is 12.0 Å². The number of ether oxygens (including phenoxy) is 2. The van der Waals surface area contributed by atoms with E-state index in [1.54, 1.807) is 36.6 Å². The summed E-state index contributed by atoms with van der Waals surface area (Å²) in [5, 5.41) is 2.10. The standard InChI is InChI=1S/C29H37N3O6S3/c1-21-26(37-3)16-23(17-27(21)38-4)29(34)32(13-9-12-22-10-7-6-8-11-22)18-28-30-24(19-40-28)25(33)20-41(35,36)31(2)14-15-39-5/h6-8,10-11,16-17,19H,9,12-15,18,20H2,1-5H3. The molecule has 12 heteroatoms. The van der Waals surface area contributed by atoms with Gasteiger partial charge in [0.05, 0.1) is 20.8 Å². The van der Waals surface area contributed by atoms with E-state index in [1.165, 1.54) is 40.0 Å². The topological polar surface area (TPSA) is 106 Å². The molecule has 0 aliphatic heterocycles. The van der Waals surface area contributed by atoms with E-state index in [4.69, 9.17) is 9.47 Å². The van der Waals surface area contributed by atoms with Gasteiger partial charge < -0.3 is 14.4 Å². The van der Waals surface area contributed by atoms with Crippen molar-refractivity contribution in [3.05, 3.63) is 75.2 Å². The molecule has 0 aliphatic rings. The summed E-state index contributed by atoms with van der Waals surface area (Å²) >= 11 is 2.76. The van der Waals surface area contributed by atoms with Gasteiger partial charge in [-0.2, -0.15) is 11.8 Å². The Morgan fingerprint density at radius 3 is 2.32 bits per heavy atom. The van der Waals surface area contributed by atoms with E-state index in [-0.39, 0.29) is 18.1 Å². The second-order valence-electron chi connectivity index (χ2n) is 9.44. The zero-order valence-corrected chi connectivity index (χ0v) is 26.5. The van der Waals surface area contributed by atoms with Crippen LogP contribution in [0.4, 0.5) is 0 Å². The molecule has 0 fully saturated rings. The Bertz CT molecular complexity index is 1400. The number of ketones is 1. The molecule has 0 aliphatic carbocycles. The summed E-state index contributed by atoms with van der Waals surface area (Å²) in [5.41, 5.74) is 2.46. The summed E-state index contributed by atoms with van der Waals surface area (Å²) in [6.07, 6.45) is 3.40. The van der Waals surface area contributed by atoms with Crippen molar-refractivity contribution >= 4 is 44.8 Å². The number of aromatic nitrogens is 1. The molecule has 222 valence electrons. The highest BCUT2D eigenvalue weighted by atomic mass is 32.2. The molecule has 0 saturated heterocycles. The zero-order chi connectivity index (χ0) is 30.0. The summed E-state index contributed by atoms with van der Waals surface area (Å²) in [6, 6.07) is 13.4. The number of aryl methyl sites for hydroxylation is 1. The molecule has 0 bridgehead atoms. The number of methoxy groups -OCH3 is 2. The first-order chi connectivity index (χ1) is 19.6. The number of Topliss-reactive ketones (excluding diaryl/α,β-unsaturated/α-hetero) is 1. The Labute approximate surface area is 250 Å². The Hall–Kier alpha value is -2.93. The Morgan fingerprint density at radius 1 is 1.05 bits per heavy atom. The van der Waals surface area contributed by atoms with Crippen LogP contribution in [0.15, 0.2) is 47.8 Å². The van der Waals surface area contributed by atoms with Crippen molar-refractivity contribution in [1.82, 2.24) is 14.2 Å². The van der Waals surface area contributed by atoms with Crippen LogP contribution in [-0.4, -0.2) is 86.4 Å². The van der Waals surface area contributed by atoms with Crippen LogP contribution >= 0.6 is 23.1 Å². The maximum absolute atomic E-state index is 13.8. The minimum absolute atomic E-state index is 0.0854. The SMILES string of the molecule is COc1cc(C(=O)N(CCCc2ccccc2)Cc2nc(C(=O)CS(=O)(=O)N(C)CCSC)cs2)cc(OC)c1C. The first-order valence-corrected chi connectivity index (χ1v) is 16.9. The monoisotopic (exact) mass is 619 g/mol. The van der Waals surface area contributed by atoms with Crippen molar-refractivity contribution in [2.24, 2.45) is 0 Å². The van der Waals surface area contributed by atoms with Gasteiger partial charge in [0, 0.05) is 42.4 Å². The van der Waals surface area contributed by atoms with E-state index in [0.29, 0.717) is 47.3 Å². The normalized spacial score (nSPS) is 11.5. The molecule has 0 N–H and O–H groups in total. The van der Waals surface area contributed by atoms with Gasteiger partial charge >= 0.3 is 0 Å². The predicted octanol–water partition coefficient (Wildman–Crippen LogP) is 4.55. The van der Waals surface area contributed by atoms with Gasteiger partial charge in [-0.3, -0.25) is 9.59 Å². The Balaban J connectivity index is 1.80. The van der Waals surface area contributed by atoms with Gasteiger partial charge in [-0.05, 0) is 43.7 Å². The quantitative estimate of drug-likeness (QED) is 0.215. The molecule has 3 aromatic rings. The van der Waals surface area contributed by atoms with Crippen LogP contribution in [0.2, 0.25) is 0 Å². The van der Waals surface area contributed by atoms with Crippen LogP contribution in [0.1, 0.15) is 43.4 Å². The lowest BCUT2D eigenvalue weighted by Crippen LogP contribution is -2.34. The van der Waals surface area contributed by atoms with E-state index in [9.17, 15) is 18.0 Å². The zero-order valence-electron chi connectivity index (χ0n) is 24.1. The fraction of sp³-hybridized carbons (Fsp3) is 0.414. The maximum atomic E-state index is 13.8. The molecular formula is C29H37N3O6S3. The van der Waals surface area contributed by atoms with Crippen molar-refractivity contribution in [3.63, 3.8) is 0 Å². The molecule has 1 amide bonds. The molecular weight excluding hydrogens is 583 g/mol. The van der Waals surface area contributed by atoms with Crippen LogP contribution in [-0.2, 0) is 23.0 Å². The van der Waals surface area contributed by atoms with E-state index < -0.39 is 21.6 Å². The highest BCUT2D eigenvalue weighted by Crippen LogP contribution is 2.30. The average molecular weight is 620 g/mol. The summed E-state index contributed by atoms with van der Waals surface area (Å²) in [5.74, 6) is 0.279. The summed E-state index contributed by atoms with van der Waals surface area (Å²) < 4.78 is 37.4. The molecule has 1 aromatic heterocycles. The summed E-state index contributed by atoms with van der Waals surface area (Å²) in [4.78, 5) is 32.7. The molecule has 0 saturated carbocycles. The van der Waals surface area contributed by atoms with Gasteiger partial charge in [0.2, 0.25) is 10.0 Å². The smallest absolute Gasteiger partial charge is 0.254 e. The fourth-order valence-corrected chi connectivity index (χ4v) is 6.60. The van der Waals surface area contributed by atoms with Gasteiger partial charge in [-0.1, -0.05) is 30.3 Å². The van der Waals surface area contributed by atoms with Crippen LogP contribution < -0.4 is 9.47 Å². The Kier molecular flexibility index (Phi) is 12.2. The van der Waals surface area contributed by atoms with Gasteiger partial charge in [-0.25, -0.2) is 17.7 Å². The number of sulfonamides is 1. The number of carbonyl (C=O) groups excluding carboxylic acids is 2. The molecule has 0 atom stereocenters. The van der Waals surface area contributed by atoms with Crippen molar-refractivity contribution in [1.29, 1.82) is 0 Å². The minimum atomic E-state index is -3.75. The third-order valence-corrected chi connectivity index (χ3v) is 9.77. The van der Waals surface area contributed by atoms with Crippen LogP contribution in [0.25, 0.3) is 0 Å². The minimum Gasteiger partial charge on any atom is -0.496 e. The summed E-state index contributed by atoms with van der Waals surface area (Å²) in [6.45, 7) is 2.81. The van der Waals surface area contributed by atoms with Gasteiger partial charge in [0.15, 0.2) is 5.78 Å². The van der Waals surface area contributed by atoms with Crippen molar-refractivity contribution < 1.29 is 27.5 Å². The molecule has 0 unspecified atom stereocenters. The third kappa shape index (κ3) is 9.03. The lowest BCUT2D eigenvalue weighted by atomic mass is 10.1. The van der Waals surface area contributed by atoms with Gasteiger partial charge in [0.1, 0.15) is 28.0 Å². The van der Waals surface area contributed by atoms with E-state index in [2.05, 4.69) is 4.98 Å². The molecule has 0 spiro atoms. The molecule has 9 nitrogen and oxygen atoms in total. The highest BCUT2D eigenvalue weighted by molar-refractivity contribution is 7.98. The largest absolute Gasteiger partial charge is 0.496 e. The Morgan fingerprint density at radius 2 is 1.71 bits per heavy atom. The summed E-state index contributed by atoms with van der Waals surface area (Å²) in [7, 11) is 0.808. The molecule has 2 aromatic carbocycles. The number of hydrogen-bond donors (Lipinski definition) is 0. The number of amides is 1.